The standard InChI is InChI=1S/C16H23NO2/c1-2-15-9-5-6-10-17(15)12-14-8-4-3-7-13(14)11-16(18)19/h3-4,7-8,15H,2,5-6,9-12H2,1H3,(H,18,19). The minimum Gasteiger partial charge on any atom is -0.481 e. The van der Waals surface area contributed by atoms with E-state index >= 15 is 0 Å². The molecule has 1 aliphatic rings. The summed E-state index contributed by atoms with van der Waals surface area (Å²) in [6, 6.07) is 8.60. The van der Waals surface area contributed by atoms with Crippen LogP contribution >= 0.6 is 0 Å². The second kappa shape index (κ2) is 6.71. The molecule has 0 spiro atoms. The second-order valence-corrected chi connectivity index (χ2v) is 5.37. The fraction of sp³-hybridized carbons (Fsp3) is 0.562. The normalized spacial score (nSPS) is 20.4. The summed E-state index contributed by atoms with van der Waals surface area (Å²) in [5, 5.41) is 8.98. The van der Waals surface area contributed by atoms with E-state index < -0.39 is 5.97 Å². The van der Waals surface area contributed by atoms with Gasteiger partial charge in [0.05, 0.1) is 6.42 Å². The van der Waals surface area contributed by atoms with Crippen LogP contribution in [0.1, 0.15) is 43.7 Å². The summed E-state index contributed by atoms with van der Waals surface area (Å²) in [5.74, 6) is -0.752. The fourth-order valence-corrected chi connectivity index (χ4v) is 3.00. The molecule has 0 saturated carbocycles. The average Bonchev–Trinajstić information content (AvgIpc) is 2.41. The van der Waals surface area contributed by atoms with Crippen LogP contribution in [0.3, 0.4) is 0 Å². The lowest BCUT2D eigenvalue weighted by atomic mass is 9.97. The maximum Gasteiger partial charge on any atom is 0.307 e. The first-order valence-corrected chi connectivity index (χ1v) is 7.23. The van der Waals surface area contributed by atoms with E-state index in [-0.39, 0.29) is 6.42 Å². The third kappa shape index (κ3) is 3.80. The Bertz CT molecular complexity index is 431. The molecule has 2 rings (SSSR count). The number of benzene rings is 1. The lowest BCUT2D eigenvalue weighted by molar-refractivity contribution is -0.136. The summed E-state index contributed by atoms with van der Waals surface area (Å²) in [4.78, 5) is 13.4. The van der Waals surface area contributed by atoms with E-state index in [4.69, 9.17) is 5.11 Å². The Morgan fingerprint density at radius 1 is 1.32 bits per heavy atom. The average molecular weight is 261 g/mol. The summed E-state index contributed by atoms with van der Waals surface area (Å²) < 4.78 is 0. The van der Waals surface area contributed by atoms with E-state index in [1.54, 1.807) is 0 Å². The van der Waals surface area contributed by atoms with E-state index in [1.165, 1.54) is 31.2 Å². The molecule has 19 heavy (non-hydrogen) atoms. The van der Waals surface area contributed by atoms with Crippen LogP contribution in [0, 0.1) is 0 Å². The van der Waals surface area contributed by atoms with Crippen molar-refractivity contribution in [2.75, 3.05) is 6.54 Å². The molecule has 1 saturated heterocycles. The first-order valence-electron chi connectivity index (χ1n) is 7.23. The zero-order valence-corrected chi connectivity index (χ0v) is 11.6. The number of piperidine rings is 1. The van der Waals surface area contributed by atoms with Crippen molar-refractivity contribution in [2.45, 2.75) is 51.6 Å². The number of carbonyl (C=O) groups is 1. The minimum atomic E-state index is -0.752. The van der Waals surface area contributed by atoms with Gasteiger partial charge in [-0.15, -0.1) is 0 Å². The molecule has 1 unspecified atom stereocenters. The summed E-state index contributed by atoms with van der Waals surface area (Å²) in [6.45, 7) is 4.27. The van der Waals surface area contributed by atoms with Crippen LogP contribution in [-0.2, 0) is 17.8 Å². The Hall–Kier alpha value is -1.35. The van der Waals surface area contributed by atoms with Gasteiger partial charge in [0.1, 0.15) is 0 Å². The maximum absolute atomic E-state index is 10.9. The molecule has 1 fully saturated rings. The summed E-state index contributed by atoms with van der Waals surface area (Å²) in [6.07, 6.45) is 5.17. The number of likely N-dealkylation sites (tertiary alicyclic amines) is 1. The Labute approximate surface area is 115 Å². The van der Waals surface area contributed by atoms with Gasteiger partial charge in [0, 0.05) is 12.6 Å². The molecule has 104 valence electrons. The van der Waals surface area contributed by atoms with E-state index in [1.807, 2.05) is 18.2 Å². The van der Waals surface area contributed by atoms with E-state index in [0.29, 0.717) is 6.04 Å². The van der Waals surface area contributed by atoms with Gasteiger partial charge < -0.3 is 5.11 Å². The molecule has 1 atom stereocenters. The molecular weight excluding hydrogens is 238 g/mol. The number of carboxylic acid groups (broad SMARTS) is 1. The van der Waals surface area contributed by atoms with Gasteiger partial charge in [-0.2, -0.15) is 0 Å². The van der Waals surface area contributed by atoms with Crippen molar-refractivity contribution in [1.82, 2.24) is 4.90 Å². The second-order valence-electron chi connectivity index (χ2n) is 5.37. The minimum absolute atomic E-state index is 0.126. The Morgan fingerprint density at radius 2 is 2.05 bits per heavy atom. The number of rotatable bonds is 5. The molecule has 1 aliphatic heterocycles. The molecule has 1 N–H and O–H groups in total. The van der Waals surface area contributed by atoms with E-state index in [9.17, 15) is 4.79 Å². The number of hydrogen-bond acceptors (Lipinski definition) is 2. The highest BCUT2D eigenvalue weighted by Gasteiger charge is 2.21. The molecule has 1 aromatic carbocycles. The maximum atomic E-state index is 10.9. The van der Waals surface area contributed by atoms with Crippen LogP contribution in [0.25, 0.3) is 0 Å². The predicted molar refractivity (Wildman–Crippen MR) is 76.1 cm³/mol. The van der Waals surface area contributed by atoms with Gasteiger partial charge in [0.2, 0.25) is 0 Å². The molecule has 1 heterocycles. The fourth-order valence-electron chi connectivity index (χ4n) is 3.00. The van der Waals surface area contributed by atoms with Gasteiger partial charge in [-0.25, -0.2) is 0 Å². The van der Waals surface area contributed by atoms with Gasteiger partial charge in [-0.3, -0.25) is 9.69 Å². The first-order chi connectivity index (χ1) is 9.20. The van der Waals surface area contributed by atoms with Crippen LogP contribution in [-0.4, -0.2) is 28.6 Å². The van der Waals surface area contributed by atoms with Crippen molar-refractivity contribution in [3.63, 3.8) is 0 Å². The highest BCUT2D eigenvalue weighted by Crippen LogP contribution is 2.23. The predicted octanol–water partition coefficient (Wildman–Crippen LogP) is 3.08. The zero-order valence-electron chi connectivity index (χ0n) is 11.6. The quantitative estimate of drug-likeness (QED) is 0.885. The van der Waals surface area contributed by atoms with E-state index in [2.05, 4.69) is 17.9 Å². The molecule has 0 radical (unpaired) electrons. The molecule has 1 aromatic rings. The molecule has 0 aromatic heterocycles. The lowest BCUT2D eigenvalue weighted by Crippen LogP contribution is -2.38. The third-order valence-corrected chi connectivity index (χ3v) is 4.05. The van der Waals surface area contributed by atoms with Gasteiger partial charge in [0.25, 0.3) is 0 Å². The SMILES string of the molecule is CCC1CCCCN1Cc1ccccc1CC(=O)O. The van der Waals surface area contributed by atoms with Crippen LogP contribution in [0.5, 0.6) is 0 Å². The highest BCUT2D eigenvalue weighted by atomic mass is 16.4. The Kier molecular flexibility index (Phi) is 4.97. The smallest absolute Gasteiger partial charge is 0.307 e. The summed E-state index contributed by atoms with van der Waals surface area (Å²) in [7, 11) is 0. The number of carboxylic acids is 1. The molecule has 3 heteroatoms. The van der Waals surface area contributed by atoms with Crippen LogP contribution in [0.4, 0.5) is 0 Å². The summed E-state index contributed by atoms with van der Waals surface area (Å²) >= 11 is 0. The van der Waals surface area contributed by atoms with Crippen LogP contribution < -0.4 is 0 Å². The lowest BCUT2D eigenvalue weighted by Gasteiger charge is -2.35. The van der Waals surface area contributed by atoms with Gasteiger partial charge in [-0.05, 0) is 36.9 Å². The Morgan fingerprint density at radius 3 is 2.74 bits per heavy atom. The van der Waals surface area contributed by atoms with Crippen molar-refractivity contribution in [2.24, 2.45) is 0 Å². The third-order valence-electron chi connectivity index (χ3n) is 4.05. The van der Waals surface area contributed by atoms with Crippen LogP contribution in [0.15, 0.2) is 24.3 Å². The molecule has 0 bridgehead atoms. The highest BCUT2D eigenvalue weighted by molar-refractivity contribution is 5.70. The van der Waals surface area contributed by atoms with Crippen LogP contribution in [0.2, 0.25) is 0 Å². The molecule has 0 amide bonds. The van der Waals surface area contributed by atoms with E-state index in [0.717, 1.165) is 18.7 Å². The van der Waals surface area contributed by atoms with Crippen molar-refractivity contribution >= 4 is 5.97 Å². The number of aliphatic carboxylic acids is 1. The number of hydrogen-bond donors (Lipinski definition) is 1. The van der Waals surface area contributed by atoms with Crippen molar-refractivity contribution in [3.8, 4) is 0 Å². The Balaban J connectivity index is 2.11. The first kappa shape index (κ1) is 14.1. The van der Waals surface area contributed by atoms with Crippen molar-refractivity contribution < 1.29 is 9.90 Å². The molecular formula is C16H23NO2. The summed E-state index contributed by atoms with van der Waals surface area (Å²) in [5.41, 5.74) is 2.13. The zero-order chi connectivity index (χ0) is 13.7. The van der Waals surface area contributed by atoms with Gasteiger partial charge >= 0.3 is 5.97 Å². The molecule has 0 aliphatic carbocycles. The van der Waals surface area contributed by atoms with Gasteiger partial charge in [-0.1, -0.05) is 37.6 Å². The van der Waals surface area contributed by atoms with Gasteiger partial charge in [0.15, 0.2) is 0 Å². The molecule has 3 nitrogen and oxygen atoms in total. The van der Waals surface area contributed by atoms with Crippen molar-refractivity contribution in [1.29, 1.82) is 0 Å². The van der Waals surface area contributed by atoms with Crippen molar-refractivity contribution in [3.05, 3.63) is 35.4 Å². The number of nitrogens with zero attached hydrogens (tertiary/aromatic N) is 1. The largest absolute Gasteiger partial charge is 0.481 e. The monoisotopic (exact) mass is 261 g/mol. The topological polar surface area (TPSA) is 40.5 Å².